The molecule has 2 aromatic rings. The molecule has 0 unspecified atom stereocenters. The van der Waals surface area contributed by atoms with E-state index in [1.807, 2.05) is 6.92 Å². The van der Waals surface area contributed by atoms with Gasteiger partial charge < -0.3 is 14.3 Å². The number of methoxy groups -OCH3 is 1. The van der Waals surface area contributed by atoms with Crippen LogP contribution in [0.2, 0.25) is 0 Å². The Morgan fingerprint density at radius 3 is 2.74 bits per heavy atom. The second-order valence-corrected chi connectivity index (χ2v) is 3.70. The molecule has 0 spiro atoms. The Hall–Kier alpha value is -1.33. The summed E-state index contributed by atoms with van der Waals surface area (Å²) in [6.07, 6.45) is 3.11. The summed E-state index contributed by atoms with van der Waals surface area (Å²) in [5, 5.41) is 0. The summed E-state index contributed by atoms with van der Waals surface area (Å²) >= 11 is 0. The van der Waals surface area contributed by atoms with Crippen LogP contribution in [0.25, 0.3) is 5.82 Å². The number of rotatable bonds is 2. The van der Waals surface area contributed by atoms with E-state index in [1.165, 1.54) is 30.0 Å². The standard InChI is InChI=1S/C13H11N2O3.Y/c1-9-3-4-11(14-8-9)15-6-5-10(7-12(15)16)13(17)18-2;/h4-8H,1-2H3;/q-1;. The van der Waals surface area contributed by atoms with Crippen LogP contribution in [0.5, 0.6) is 0 Å². The van der Waals surface area contributed by atoms with Crippen LogP contribution in [0.4, 0.5) is 0 Å². The predicted octanol–water partition coefficient (Wildman–Crippen LogP) is 1.13. The summed E-state index contributed by atoms with van der Waals surface area (Å²) in [5.74, 6) is -0.0790. The van der Waals surface area contributed by atoms with E-state index in [9.17, 15) is 9.59 Å². The summed E-state index contributed by atoms with van der Waals surface area (Å²) in [5.41, 5.74) is 0.760. The molecule has 0 fully saturated rings. The molecule has 0 aliphatic carbocycles. The number of carbonyl (C=O) groups excluding carboxylic acids is 1. The maximum Gasteiger partial charge on any atom is 0.338 e. The monoisotopic (exact) mass is 332 g/mol. The largest absolute Gasteiger partial charge is 0.465 e. The van der Waals surface area contributed by atoms with Gasteiger partial charge in [-0.15, -0.1) is 11.6 Å². The third kappa shape index (κ3) is 3.58. The summed E-state index contributed by atoms with van der Waals surface area (Å²) in [4.78, 5) is 27.2. The van der Waals surface area contributed by atoms with Gasteiger partial charge >= 0.3 is 5.97 Å². The van der Waals surface area contributed by atoms with Gasteiger partial charge in [0.1, 0.15) is 0 Å². The number of aryl methyl sites for hydroxylation is 1. The van der Waals surface area contributed by atoms with Crippen molar-refractivity contribution < 1.29 is 42.2 Å². The minimum Gasteiger partial charge on any atom is -0.465 e. The zero-order valence-electron chi connectivity index (χ0n) is 10.6. The summed E-state index contributed by atoms with van der Waals surface area (Å²) in [7, 11) is 1.27. The van der Waals surface area contributed by atoms with E-state index in [1.54, 1.807) is 12.3 Å². The fraction of sp³-hybridized carbons (Fsp3) is 0.154. The van der Waals surface area contributed by atoms with E-state index in [0.717, 1.165) is 5.56 Å². The number of nitrogens with zero attached hydrogens (tertiary/aromatic N) is 2. The van der Waals surface area contributed by atoms with Gasteiger partial charge in [0, 0.05) is 50.8 Å². The van der Waals surface area contributed by atoms with Crippen LogP contribution in [-0.2, 0) is 37.4 Å². The molecule has 5 nitrogen and oxygen atoms in total. The van der Waals surface area contributed by atoms with Crippen molar-refractivity contribution in [2.75, 3.05) is 7.11 Å². The van der Waals surface area contributed by atoms with Crippen LogP contribution in [0.1, 0.15) is 15.9 Å². The van der Waals surface area contributed by atoms with E-state index in [-0.39, 0.29) is 43.8 Å². The van der Waals surface area contributed by atoms with Crippen molar-refractivity contribution in [3.8, 4) is 5.82 Å². The van der Waals surface area contributed by atoms with Crippen molar-refractivity contribution in [2.24, 2.45) is 0 Å². The molecule has 0 bridgehead atoms. The molecular weight excluding hydrogens is 321 g/mol. The third-order valence-electron chi connectivity index (χ3n) is 2.41. The van der Waals surface area contributed by atoms with Crippen LogP contribution in [0.3, 0.4) is 0 Å². The number of ether oxygens (including phenoxy) is 1. The fourth-order valence-electron chi connectivity index (χ4n) is 1.46. The quantitative estimate of drug-likeness (QED) is 0.611. The molecule has 0 aliphatic rings. The van der Waals surface area contributed by atoms with Gasteiger partial charge in [0.25, 0.3) is 0 Å². The average Bonchev–Trinajstić information content (AvgIpc) is 2.39. The number of hydrogen-bond donors (Lipinski definition) is 0. The molecule has 1 radical (unpaired) electrons. The van der Waals surface area contributed by atoms with E-state index >= 15 is 0 Å². The molecule has 0 atom stereocenters. The Bertz CT molecular complexity index is 635. The normalized spacial score (nSPS) is 9.58. The van der Waals surface area contributed by atoms with Gasteiger partial charge in [-0.25, -0.2) is 4.79 Å². The van der Waals surface area contributed by atoms with Crippen molar-refractivity contribution in [3.63, 3.8) is 0 Å². The van der Waals surface area contributed by atoms with E-state index in [0.29, 0.717) is 5.82 Å². The first-order valence-corrected chi connectivity index (χ1v) is 5.27. The summed E-state index contributed by atoms with van der Waals surface area (Å²) in [6, 6.07) is 7.30. The molecule has 0 aromatic carbocycles. The third-order valence-corrected chi connectivity index (χ3v) is 2.41. The minimum atomic E-state index is -0.539. The molecule has 0 saturated carbocycles. The van der Waals surface area contributed by atoms with Gasteiger partial charge in [0.2, 0.25) is 5.56 Å². The smallest absolute Gasteiger partial charge is 0.338 e. The van der Waals surface area contributed by atoms with E-state index in [4.69, 9.17) is 0 Å². The topological polar surface area (TPSA) is 61.2 Å². The Morgan fingerprint density at radius 1 is 1.47 bits per heavy atom. The predicted molar refractivity (Wildman–Crippen MR) is 64.7 cm³/mol. The Morgan fingerprint density at radius 2 is 2.21 bits per heavy atom. The van der Waals surface area contributed by atoms with E-state index < -0.39 is 5.97 Å². The zero-order valence-corrected chi connectivity index (χ0v) is 13.4. The van der Waals surface area contributed by atoms with Crippen LogP contribution in [0.15, 0.2) is 35.4 Å². The van der Waals surface area contributed by atoms with Gasteiger partial charge in [0.15, 0.2) is 0 Å². The SMILES string of the molecule is COC(=O)c1ccn(-c2c[c-]c(C)cn2)c(=O)c1.[Y]. The molecule has 0 N–H and O–H groups in total. The first-order chi connectivity index (χ1) is 8.61. The Kier molecular flexibility index (Phi) is 5.57. The Labute approximate surface area is 135 Å². The van der Waals surface area contributed by atoms with Crippen molar-refractivity contribution in [1.82, 2.24) is 9.55 Å². The second kappa shape index (κ2) is 6.73. The molecule has 0 aliphatic heterocycles. The van der Waals surface area contributed by atoms with Gasteiger partial charge in [-0.3, -0.25) is 4.79 Å². The van der Waals surface area contributed by atoms with Crippen molar-refractivity contribution in [3.05, 3.63) is 58.1 Å². The number of aromatic nitrogens is 2. The van der Waals surface area contributed by atoms with Gasteiger partial charge in [0.05, 0.1) is 12.7 Å². The van der Waals surface area contributed by atoms with Crippen LogP contribution >= 0.6 is 0 Å². The molecule has 6 heteroatoms. The van der Waals surface area contributed by atoms with E-state index in [2.05, 4.69) is 15.8 Å². The maximum absolute atomic E-state index is 11.8. The first kappa shape index (κ1) is 15.7. The summed E-state index contributed by atoms with van der Waals surface area (Å²) in [6.45, 7) is 1.86. The molecule has 2 rings (SSSR count). The van der Waals surface area contributed by atoms with Gasteiger partial charge in [-0.2, -0.15) is 6.07 Å². The van der Waals surface area contributed by atoms with Crippen LogP contribution in [-0.4, -0.2) is 22.6 Å². The molecule has 95 valence electrons. The minimum absolute atomic E-state index is 0. The molecule has 19 heavy (non-hydrogen) atoms. The zero-order chi connectivity index (χ0) is 13.1. The van der Waals surface area contributed by atoms with Crippen molar-refractivity contribution in [2.45, 2.75) is 6.92 Å². The molecular formula is C13H11N2O3Y-. The van der Waals surface area contributed by atoms with Gasteiger partial charge in [-0.1, -0.05) is 13.1 Å². The van der Waals surface area contributed by atoms with Crippen molar-refractivity contribution >= 4 is 5.97 Å². The Balaban J connectivity index is 0.00000180. The molecule has 2 heterocycles. The number of carbonyl (C=O) groups is 1. The first-order valence-electron chi connectivity index (χ1n) is 5.27. The van der Waals surface area contributed by atoms with Gasteiger partial charge in [-0.05, 0) is 6.07 Å². The molecule has 2 aromatic heterocycles. The molecule has 0 amide bonds. The summed E-state index contributed by atoms with van der Waals surface area (Å²) < 4.78 is 5.88. The molecule has 0 saturated heterocycles. The number of pyridine rings is 2. The second-order valence-electron chi connectivity index (χ2n) is 3.70. The number of hydrogen-bond acceptors (Lipinski definition) is 4. The van der Waals surface area contributed by atoms with Crippen LogP contribution in [0, 0.1) is 13.0 Å². The average molecular weight is 332 g/mol. The maximum atomic E-state index is 11.8. The fourth-order valence-corrected chi connectivity index (χ4v) is 1.46. The van der Waals surface area contributed by atoms with Crippen LogP contribution < -0.4 is 5.56 Å². The van der Waals surface area contributed by atoms with Crippen molar-refractivity contribution in [1.29, 1.82) is 0 Å². The number of esters is 1.